The van der Waals surface area contributed by atoms with Crippen molar-refractivity contribution in [2.75, 3.05) is 5.75 Å². The number of hydrogen-bond donors (Lipinski definition) is 3. The first-order valence-electron chi connectivity index (χ1n) is 6.99. The number of aromatic nitrogens is 4. The Morgan fingerprint density at radius 2 is 2.21 bits per heavy atom. The van der Waals surface area contributed by atoms with Crippen LogP contribution in [-0.2, 0) is 11.3 Å². The average molecular weight is 346 g/mol. The van der Waals surface area contributed by atoms with Crippen molar-refractivity contribution >= 4 is 34.6 Å². The van der Waals surface area contributed by atoms with E-state index in [1.54, 1.807) is 0 Å². The van der Waals surface area contributed by atoms with E-state index in [1.807, 2.05) is 25.1 Å². The van der Waals surface area contributed by atoms with Gasteiger partial charge in [0.05, 0.1) is 23.3 Å². The molecule has 4 N–H and O–H groups in total. The first kappa shape index (κ1) is 16.0. The van der Waals surface area contributed by atoms with E-state index < -0.39 is 5.91 Å². The largest absolute Gasteiger partial charge is 0.363 e. The Balaban J connectivity index is 1.51. The van der Waals surface area contributed by atoms with Crippen LogP contribution in [0.2, 0.25) is 0 Å². The second-order valence-electron chi connectivity index (χ2n) is 5.00. The van der Waals surface area contributed by atoms with Crippen LogP contribution in [0.25, 0.3) is 11.0 Å². The summed E-state index contributed by atoms with van der Waals surface area (Å²) in [5.74, 6) is -0.940. The smallest absolute Gasteiger partial charge is 0.290 e. The highest BCUT2D eigenvalue weighted by molar-refractivity contribution is 7.99. The number of hydrogen-bond acceptors (Lipinski definition) is 7. The first-order valence-corrected chi connectivity index (χ1v) is 7.98. The minimum Gasteiger partial charge on any atom is -0.363 e. The Bertz CT molecular complexity index is 903. The summed E-state index contributed by atoms with van der Waals surface area (Å²) in [5, 5.41) is 6.67. The van der Waals surface area contributed by atoms with Crippen LogP contribution in [0.5, 0.6) is 0 Å². The molecular formula is C14H14N6O3S. The zero-order valence-corrected chi connectivity index (χ0v) is 13.5. The maximum Gasteiger partial charge on any atom is 0.290 e. The number of nitrogens with zero attached hydrogens (tertiary/aromatic N) is 3. The fourth-order valence-electron chi connectivity index (χ4n) is 1.95. The molecule has 2 amide bonds. The van der Waals surface area contributed by atoms with Crippen molar-refractivity contribution in [3.8, 4) is 0 Å². The van der Waals surface area contributed by atoms with Crippen molar-refractivity contribution in [1.29, 1.82) is 0 Å². The number of imidazole rings is 1. The number of nitrogens with one attached hydrogen (secondary N) is 2. The molecule has 2 aromatic heterocycles. The topological polar surface area (TPSA) is 140 Å². The lowest BCUT2D eigenvalue weighted by molar-refractivity contribution is -0.118. The van der Waals surface area contributed by atoms with Gasteiger partial charge in [-0.2, -0.15) is 4.98 Å². The van der Waals surface area contributed by atoms with Gasteiger partial charge in [-0.05, 0) is 24.6 Å². The van der Waals surface area contributed by atoms with Gasteiger partial charge >= 0.3 is 0 Å². The number of nitrogens with two attached hydrogens (primary N) is 1. The van der Waals surface area contributed by atoms with E-state index >= 15 is 0 Å². The standard InChI is InChI=1S/C14H14N6O3S/c1-7-2-3-8-9(4-7)18-14(17-8)24-6-10(21)16-5-11-19-13(12(15)22)20-23-11/h2-4H,5-6H2,1H3,(H2,15,22)(H,16,21)(H,17,18). The van der Waals surface area contributed by atoms with Crippen molar-refractivity contribution < 1.29 is 14.1 Å². The van der Waals surface area contributed by atoms with Crippen LogP contribution in [0.15, 0.2) is 27.9 Å². The lowest BCUT2D eigenvalue weighted by atomic mass is 10.2. The zero-order chi connectivity index (χ0) is 17.1. The normalized spacial score (nSPS) is 10.9. The molecule has 3 rings (SSSR count). The molecule has 0 aliphatic heterocycles. The number of thioether (sulfide) groups is 1. The molecule has 0 fully saturated rings. The minimum absolute atomic E-state index is 0.0268. The highest BCUT2D eigenvalue weighted by Gasteiger charge is 2.12. The molecule has 0 unspecified atom stereocenters. The molecule has 2 heterocycles. The fraction of sp³-hybridized carbons (Fsp3) is 0.214. The van der Waals surface area contributed by atoms with Gasteiger partial charge in [0.15, 0.2) is 5.16 Å². The highest BCUT2D eigenvalue weighted by atomic mass is 32.2. The van der Waals surface area contributed by atoms with E-state index in [2.05, 4.69) is 25.4 Å². The van der Waals surface area contributed by atoms with Gasteiger partial charge in [0, 0.05) is 0 Å². The Hall–Kier alpha value is -2.88. The molecular weight excluding hydrogens is 332 g/mol. The average Bonchev–Trinajstić information content (AvgIpc) is 3.17. The van der Waals surface area contributed by atoms with Gasteiger partial charge in [-0.15, -0.1) is 0 Å². The molecule has 9 nitrogen and oxygen atoms in total. The minimum atomic E-state index is -0.785. The number of benzene rings is 1. The highest BCUT2D eigenvalue weighted by Crippen LogP contribution is 2.20. The number of fused-ring (bicyclic) bond motifs is 1. The first-order chi connectivity index (χ1) is 11.5. The Labute approximate surface area is 140 Å². The third kappa shape index (κ3) is 3.71. The fourth-order valence-corrected chi connectivity index (χ4v) is 2.67. The van der Waals surface area contributed by atoms with E-state index in [1.165, 1.54) is 11.8 Å². The third-order valence-corrected chi connectivity index (χ3v) is 3.95. The van der Waals surface area contributed by atoms with Gasteiger partial charge in [0.25, 0.3) is 11.7 Å². The Morgan fingerprint density at radius 3 is 2.96 bits per heavy atom. The van der Waals surface area contributed by atoms with Crippen LogP contribution in [0.3, 0.4) is 0 Å². The van der Waals surface area contributed by atoms with Gasteiger partial charge < -0.3 is 20.6 Å². The monoisotopic (exact) mass is 346 g/mol. The maximum atomic E-state index is 11.8. The zero-order valence-electron chi connectivity index (χ0n) is 12.7. The van der Waals surface area contributed by atoms with Gasteiger partial charge in [0.1, 0.15) is 0 Å². The van der Waals surface area contributed by atoms with E-state index in [-0.39, 0.29) is 29.9 Å². The van der Waals surface area contributed by atoms with Crippen LogP contribution < -0.4 is 11.1 Å². The van der Waals surface area contributed by atoms with Crippen LogP contribution >= 0.6 is 11.8 Å². The summed E-state index contributed by atoms with van der Waals surface area (Å²) >= 11 is 1.29. The van der Waals surface area contributed by atoms with Crippen molar-refractivity contribution in [2.45, 2.75) is 18.6 Å². The number of rotatable bonds is 6. The summed E-state index contributed by atoms with van der Waals surface area (Å²) in [6, 6.07) is 5.91. The number of amides is 2. The van der Waals surface area contributed by atoms with Crippen molar-refractivity contribution in [3.05, 3.63) is 35.5 Å². The summed E-state index contributed by atoms with van der Waals surface area (Å²) in [4.78, 5) is 34.0. The number of carbonyl (C=O) groups is 2. The van der Waals surface area contributed by atoms with Crippen molar-refractivity contribution in [2.24, 2.45) is 5.73 Å². The maximum absolute atomic E-state index is 11.8. The second kappa shape index (κ2) is 6.71. The molecule has 3 aromatic rings. The Kier molecular flexibility index (Phi) is 4.47. The lowest BCUT2D eigenvalue weighted by Crippen LogP contribution is -2.24. The summed E-state index contributed by atoms with van der Waals surface area (Å²) < 4.78 is 4.79. The molecule has 10 heteroatoms. The molecule has 1 aromatic carbocycles. The molecule has 0 atom stereocenters. The lowest BCUT2D eigenvalue weighted by Gasteiger charge is -2.00. The van der Waals surface area contributed by atoms with Gasteiger partial charge in [-0.1, -0.05) is 23.0 Å². The summed E-state index contributed by atoms with van der Waals surface area (Å²) in [6.07, 6.45) is 0. The summed E-state index contributed by atoms with van der Waals surface area (Å²) in [7, 11) is 0. The number of carbonyl (C=O) groups excluding carboxylic acids is 2. The molecule has 0 spiro atoms. The molecule has 0 bridgehead atoms. The van der Waals surface area contributed by atoms with Gasteiger partial charge in [-0.25, -0.2) is 4.98 Å². The number of primary amides is 1. The van der Waals surface area contributed by atoms with Crippen LogP contribution in [0, 0.1) is 6.92 Å². The SMILES string of the molecule is Cc1ccc2nc(SCC(=O)NCc3nc(C(N)=O)no3)[nH]c2c1. The van der Waals surface area contributed by atoms with Gasteiger partial charge in [0.2, 0.25) is 11.8 Å². The van der Waals surface area contributed by atoms with Crippen LogP contribution in [0.1, 0.15) is 22.1 Å². The molecule has 0 aliphatic rings. The van der Waals surface area contributed by atoms with E-state index in [9.17, 15) is 9.59 Å². The number of aryl methyl sites for hydroxylation is 1. The number of aromatic amines is 1. The molecule has 0 aliphatic carbocycles. The van der Waals surface area contributed by atoms with E-state index in [0.717, 1.165) is 16.6 Å². The Morgan fingerprint density at radius 1 is 1.38 bits per heavy atom. The molecule has 0 saturated heterocycles. The van der Waals surface area contributed by atoms with Crippen molar-refractivity contribution in [1.82, 2.24) is 25.4 Å². The molecule has 0 radical (unpaired) electrons. The quantitative estimate of drug-likeness (QED) is 0.560. The summed E-state index contributed by atoms with van der Waals surface area (Å²) in [6.45, 7) is 2.03. The summed E-state index contributed by atoms with van der Waals surface area (Å²) in [5.41, 5.74) is 7.93. The third-order valence-electron chi connectivity index (χ3n) is 3.08. The van der Waals surface area contributed by atoms with E-state index in [4.69, 9.17) is 10.3 Å². The molecule has 124 valence electrons. The van der Waals surface area contributed by atoms with Crippen molar-refractivity contribution in [3.63, 3.8) is 0 Å². The molecule has 24 heavy (non-hydrogen) atoms. The van der Waals surface area contributed by atoms with E-state index in [0.29, 0.717) is 5.16 Å². The van der Waals surface area contributed by atoms with Gasteiger partial charge in [-0.3, -0.25) is 9.59 Å². The predicted octanol–water partition coefficient (Wildman–Crippen LogP) is 0.762. The molecule has 0 saturated carbocycles. The van der Waals surface area contributed by atoms with Crippen LogP contribution in [0.4, 0.5) is 0 Å². The predicted molar refractivity (Wildman–Crippen MR) is 86.2 cm³/mol. The second-order valence-corrected chi connectivity index (χ2v) is 5.97. The number of H-pyrrole nitrogens is 1. The van der Waals surface area contributed by atoms with Crippen LogP contribution in [-0.4, -0.2) is 37.7 Å².